The summed E-state index contributed by atoms with van der Waals surface area (Å²) in [5.74, 6) is -0.590. The van der Waals surface area contributed by atoms with Crippen molar-refractivity contribution in [2.24, 2.45) is 0 Å². The van der Waals surface area contributed by atoms with Crippen LogP contribution in [-0.4, -0.2) is 56.2 Å². The highest BCUT2D eigenvalue weighted by molar-refractivity contribution is 7.17. The Morgan fingerprint density at radius 3 is 2.68 bits per heavy atom. The number of hydrogen-bond donors (Lipinski definition) is 0. The minimum absolute atomic E-state index is 0.0147. The van der Waals surface area contributed by atoms with Crippen LogP contribution in [0.1, 0.15) is 24.5 Å². The van der Waals surface area contributed by atoms with E-state index in [-0.39, 0.29) is 18.5 Å². The predicted octanol–water partition coefficient (Wildman–Crippen LogP) is 4.20. The Bertz CT molecular complexity index is 1220. The van der Waals surface area contributed by atoms with Crippen molar-refractivity contribution in [3.05, 3.63) is 58.7 Å². The molecule has 0 unspecified atom stereocenters. The number of carbonyl (C=O) groups excluding carboxylic acids is 2. The standard InChI is InChI=1S/C26H28FN3O3S/c1-18(31)33-17-30-23-14-19(2-3-20(23)4-5-26(30)32)6-8-28-9-11-29(12-10-28)24-15-21(27)16-25-22(24)7-13-34-25/h2-3,7,13-16H,4-6,8-12,17H2,1H3. The topological polar surface area (TPSA) is 53.1 Å². The van der Waals surface area contributed by atoms with Crippen LogP contribution in [0.25, 0.3) is 10.1 Å². The molecule has 0 aliphatic carbocycles. The molecule has 2 aliphatic heterocycles. The summed E-state index contributed by atoms with van der Waals surface area (Å²) in [6.07, 6.45) is 2.02. The molecule has 0 radical (unpaired) electrons. The lowest BCUT2D eigenvalue weighted by Gasteiger charge is -2.36. The van der Waals surface area contributed by atoms with Crippen molar-refractivity contribution in [2.75, 3.05) is 49.3 Å². The number of amides is 1. The van der Waals surface area contributed by atoms with Gasteiger partial charge >= 0.3 is 5.97 Å². The highest BCUT2D eigenvalue weighted by Gasteiger charge is 2.25. The number of anilines is 2. The molecule has 0 saturated carbocycles. The van der Waals surface area contributed by atoms with Crippen LogP contribution in [-0.2, 0) is 27.2 Å². The summed E-state index contributed by atoms with van der Waals surface area (Å²) in [6, 6.07) is 11.6. The van der Waals surface area contributed by atoms with E-state index in [2.05, 4.69) is 34.1 Å². The monoisotopic (exact) mass is 481 g/mol. The van der Waals surface area contributed by atoms with Gasteiger partial charge in [-0.1, -0.05) is 12.1 Å². The van der Waals surface area contributed by atoms with Gasteiger partial charge in [-0.25, -0.2) is 4.39 Å². The van der Waals surface area contributed by atoms with Crippen LogP contribution in [0.2, 0.25) is 0 Å². The minimum Gasteiger partial charge on any atom is -0.444 e. The number of rotatable bonds is 6. The van der Waals surface area contributed by atoms with Crippen LogP contribution in [0.15, 0.2) is 41.8 Å². The van der Waals surface area contributed by atoms with E-state index in [9.17, 15) is 14.0 Å². The largest absolute Gasteiger partial charge is 0.444 e. The summed E-state index contributed by atoms with van der Waals surface area (Å²) < 4.78 is 20.2. The molecule has 1 aromatic heterocycles. The number of ether oxygens (including phenoxy) is 1. The van der Waals surface area contributed by atoms with E-state index < -0.39 is 5.97 Å². The van der Waals surface area contributed by atoms with Gasteiger partial charge in [0.25, 0.3) is 0 Å². The molecular weight excluding hydrogens is 453 g/mol. The fraction of sp³-hybridized carbons (Fsp3) is 0.385. The van der Waals surface area contributed by atoms with Crippen LogP contribution < -0.4 is 9.80 Å². The van der Waals surface area contributed by atoms with Gasteiger partial charge in [-0.3, -0.25) is 19.4 Å². The van der Waals surface area contributed by atoms with Crippen molar-refractivity contribution in [1.82, 2.24) is 4.90 Å². The number of benzene rings is 2. The van der Waals surface area contributed by atoms with E-state index in [1.165, 1.54) is 6.92 Å². The van der Waals surface area contributed by atoms with Crippen molar-refractivity contribution in [3.8, 4) is 0 Å². The number of piperazine rings is 1. The summed E-state index contributed by atoms with van der Waals surface area (Å²) in [5, 5.41) is 3.14. The molecule has 3 aromatic rings. The van der Waals surface area contributed by atoms with Gasteiger partial charge in [0.15, 0.2) is 6.73 Å². The van der Waals surface area contributed by atoms with Crippen LogP contribution in [0.4, 0.5) is 15.8 Å². The first-order valence-electron chi connectivity index (χ1n) is 11.7. The number of esters is 1. The van der Waals surface area contributed by atoms with Crippen LogP contribution in [0, 0.1) is 5.82 Å². The first-order valence-corrected chi connectivity index (χ1v) is 12.6. The maximum absolute atomic E-state index is 14.1. The Morgan fingerprint density at radius 2 is 1.88 bits per heavy atom. The first-order chi connectivity index (χ1) is 16.5. The first kappa shape index (κ1) is 22.8. The zero-order chi connectivity index (χ0) is 23.7. The van der Waals surface area contributed by atoms with Gasteiger partial charge in [-0.2, -0.15) is 0 Å². The lowest BCUT2D eigenvalue weighted by Crippen LogP contribution is -2.47. The zero-order valence-electron chi connectivity index (χ0n) is 19.3. The molecule has 0 spiro atoms. The zero-order valence-corrected chi connectivity index (χ0v) is 20.1. The van der Waals surface area contributed by atoms with Gasteiger partial charge in [-0.05, 0) is 53.6 Å². The van der Waals surface area contributed by atoms with Crippen LogP contribution in [0.3, 0.4) is 0 Å². The Balaban J connectivity index is 1.21. The molecule has 34 heavy (non-hydrogen) atoms. The van der Waals surface area contributed by atoms with Crippen molar-refractivity contribution in [1.29, 1.82) is 0 Å². The molecule has 1 amide bonds. The lowest BCUT2D eigenvalue weighted by atomic mass is 9.98. The quantitative estimate of drug-likeness (QED) is 0.494. The van der Waals surface area contributed by atoms with Crippen molar-refractivity contribution >= 4 is 44.7 Å². The molecule has 0 bridgehead atoms. The van der Waals surface area contributed by atoms with Crippen LogP contribution >= 0.6 is 11.3 Å². The SMILES string of the molecule is CC(=O)OCN1C(=O)CCc2ccc(CCN3CCN(c4cc(F)cc5sccc45)CC3)cc21. The molecule has 8 heteroatoms. The Kier molecular flexibility index (Phi) is 6.52. The normalized spacial score (nSPS) is 16.7. The minimum atomic E-state index is -0.395. The van der Waals surface area contributed by atoms with Gasteiger partial charge in [0, 0.05) is 61.8 Å². The third-order valence-corrected chi connectivity index (χ3v) is 7.55. The number of carbonyl (C=O) groups is 2. The molecule has 0 atom stereocenters. The number of nitrogens with zero attached hydrogens (tertiary/aromatic N) is 3. The van der Waals surface area contributed by atoms with Gasteiger partial charge in [0.05, 0.1) is 5.69 Å². The average molecular weight is 482 g/mol. The second-order valence-corrected chi connectivity index (χ2v) is 9.83. The Hall–Kier alpha value is -2.97. The van der Waals surface area contributed by atoms with E-state index in [1.54, 1.807) is 28.4 Å². The fourth-order valence-electron chi connectivity index (χ4n) is 4.82. The smallest absolute Gasteiger partial charge is 0.304 e. The molecule has 2 aromatic carbocycles. The number of aryl methyl sites for hydroxylation is 1. The van der Waals surface area contributed by atoms with Gasteiger partial charge < -0.3 is 9.64 Å². The van der Waals surface area contributed by atoms with Gasteiger partial charge in [0.1, 0.15) is 5.82 Å². The van der Waals surface area contributed by atoms with Crippen molar-refractivity contribution in [2.45, 2.75) is 26.2 Å². The molecule has 5 rings (SSSR count). The summed E-state index contributed by atoms with van der Waals surface area (Å²) in [6.45, 7) is 5.80. The van der Waals surface area contributed by atoms with E-state index in [0.717, 1.165) is 71.7 Å². The Morgan fingerprint density at radius 1 is 1.06 bits per heavy atom. The molecule has 178 valence electrons. The summed E-state index contributed by atoms with van der Waals surface area (Å²) in [7, 11) is 0. The molecule has 0 N–H and O–H groups in total. The second-order valence-electron chi connectivity index (χ2n) is 8.89. The number of fused-ring (bicyclic) bond motifs is 2. The summed E-state index contributed by atoms with van der Waals surface area (Å²) >= 11 is 1.57. The number of thiophene rings is 1. The lowest BCUT2D eigenvalue weighted by molar-refractivity contribution is -0.141. The maximum Gasteiger partial charge on any atom is 0.304 e. The van der Waals surface area contributed by atoms with Gasteiger partial charge in [-0.15, -0.1) is 11.3 Å². The van der Waals surface area contributed by atoms with Gasteiger partial charge in [0.2, 0.25) is 5.91 Å². The third-order valence-electron chi connectivity index (χ3n) is 6.69. The highest BCUT2D eigenvalue weighted by atomic mass is 32.1. The molecule has 3 heterocycles. The van der Waals surface area contributed by atoms with E-state index >= 15 is 0 Å². The number of hydrogen-bond acceptors (Lipinski definition) is 6. The molecule has 1 fully saturated rings. The van der Waals surface area contributed by atoms with Crippen molar-refractivity contribution in [3.63, 3.8) is 0 Å². The van der Waals surface area contributed by atoms with E-state index in [4.69, 9.17) is 4.74 Å². The summed E-state index contributed by atoms with van der Waals surface area (Å²) in [4.78, 5) is 30.0. The van der Waals surface area contributed by atoms with Crippen LogP contribution in [0.5, 0.6) is 0 Å². The van der Waals surface area contributed by atoms with Crippen molar-refractivity contribution < 1.29 is 18.7 Å². The molecule has 6 nitrogen and oxygen atoms in total. The third kappa shape index (κ3) is 4.79. The fourth-order valence-corrected chi connectivity index (χ4v) is 5.65. The molecule has 1 saturated heterocycles. The van der Waals surface area contributed by atoms with E-state index in [0.29, 0.717) is 12.8 Å². The Labute approximate surface area is 202 Å². The maximum atomic E-state index is 14.1. The predicted molar refractivity (Wildman–Crippen MR) is 133 cm³/mol. The average Bonchev–Trinajstić information content (AvgIpc) is 3.30. The highest BCUT2D eigenvalue weighted by Crippen LogP contribution is 2.33. The number of halogens is 1. The summed E-state index contributed by atoms with van der Waals surface area (Å²) in [5.41, 5.74) is 4.11. The molecule has 2 aliphatic rings. The van der Waals surface area contributed by atoms with E-state index in [1.807, 2.05) is 5.38 Å². The molecular formula is C26H28FN3O3S. The second kappa shape index (κ2) is 9.72.